The predicted molar refractivity (Wildman–Crippen MR) is 108 cm³/mol. The van der Waals surface area contributed by atoms with E-state index in [0.29, 0.717) is 12.3 Å². The van der Waals surface area contributed by atoms with Crippen molar-refractivity contribution in [1.82, 2.24) is 10.2 Å². The third kappa shape index (κ3) is 4.76. The topological polar surface area (TPSA) is 70.2 Å². The van der Waals surface area contributed by atoms with Gasteiger partial charge in [0.2, 0.25) is 5.91 Å². The number of aromatic nitrogens is 2. The number of nitrogens with zero attached hydrogens (tertiary/aromatic N) is 3. The molecule has 1 saturated carbocycles. The molecule has 6 nitrogen and oxygen atoms in total. The average molecular weight is 365 g/mol. The van der Waals surface area contributed by atoms with Gasteiger partial charge in [0.25, 0.3) is 0 Å². The zero-order valence-electron chi connectivity index (χ0n) is 15.7. The van der Waals surface area contributed by atoms with Crippen molar-refractivity contribution in [3.8, 4) is 0 Å². The lowest BCUT2D eigenvalue weighted by Gasteiger charge is -2.17. The second-order valence-corrected chi connectivity index (χ2v) is 7.60. The molecule has 2 fully saturated rings. The molecule has 1 aromatic carbocycles. The average Bonchev–Trinajstić information content (AvgIpc) is 3.37. The Morgan fingerprint density at radius 2 is 1.74 bits per heavy atom. The van der Waals surface area contributed by atoms with Gasteiger partial charge in [0, 0.05) is 37.0 Å². The van der Waals surface area contributed by atoms with Gasteiger partial charge in [0.15, 0.2) is 5.82 Å². The highest BCUT2D eigenvalue weighted by Gasteiger charge is 2.18. The molecule has 1 amide bonds. The summed E-state index contributed by atoms with van der Waals surface area (Å²) in [4.78, 5) is 14.5. The maximum absolute atomic E-state index is 12.2. The van der Waals surface area contributed by atoms with E-state index in [4.69, 9.17) is 0 Å². The van der Waals surface area contributed by atoms with Crippen LogP contribution >= 0.6 is 0 Å². The Bertz CT molecular complexity index is 764. The smallest absolute Gasteiger partial charge is 0.224 e. The zero-order chi connectivity index (χ0) is 18.5. The van der Waals surface area contributed by atoms with Gasteiger partial charge in [-0.2, -0.15) is 5.10 Å². The van der Waals surface area contributed by atoms with E-state index in [1.165, 1.54) is 38.5 Å². The fraction of sp³-hybridized carbons (Fsp3) is 0.476. The summed E-state index contributed by atoms with van der Waals surface area (Å²) in [6.45, 7) is 2.17. The number of nitrogens with one attached hydrogen (secondary N) is 2. The zero-order valence-corrected chi connectivity index (χ0v) is 15.7. The number of hydrogen-bond acceptors (Lipinski definition) is 5. The van der Waals surface area contributed by atoms with E-state index in [1.54, 1.807) is 0 Å². The molecule has 4 rings (SSSR count). The van der Waals surface area contributed by atoms with Gasteiger partial charge in [-0.1, -0.05) is 12.8 Å². The van der Waals surface area contributed by atoms with Gasteiger partial charge in [-0.15, -0.1) is 5.10 Å². The Labute approximate surface area is 160 Å². The first kappa shape index (κ1) is 17.8. The van der Waals surface area contributed by atoms with E-state index in [1.807, 2.05) is 36.5 Å². The number of carbonyl (C=O) groups excluding carboxylic acids is 1. The largest absolute Gasteiger partial charge is 0.370 e. The fourth-order valence-electron chi connectivity index (χ4n) is 4.04. The van der Waals surface area contributed by atoms with E-state index in [2.05, 4.69) is 25.7 Å². The molecule has 1 saturated heterocycles. The lowest BCUT2D eigenvalue weighted by atomic mass is 10.0. The third-order valence-corrected chi connectivity index (χ3v) is 5.50. The summed E-state index contributed by atoms with van der Waals surface area (Å²) >= 11 is 0. The quantitative estimate of drug-likeness (QED) is 0.797. The van der Waals surface area contributed by atoms with E-state index < -0.39 is 0 Å². The maximum atomic E-state index is 12.2. The van der Waals surface area contributed by atoms with Crippen molar-refractivity contribution in [2.75, 3.05) is 28.6 Å². The number of hydrogen-bond donors (Lipinski definition) is 2. The third-order valence-electron chi connectivity index (χ3n) is 5.50. The normalized spacial score (nSPS) is 17.3. The minimum absolute atomic E-state index is 0.117. The first-order valence-electron chi connectivity index (χ1n) is 10.0. The van der Waals surface area contributed by atoms with Crippen molar-refractivity contribution in [2.45, 2.75) is 44.9 Å². The summed E-state index contributed by atoms with van der Waals surface area (Å²) in [6, 6.07) is 9.79. The highest BCUT2D eigenvalue weighted by atomic mass is 16.1. The van der Waals surface area contributed by atoms with Crippen LogP contribution in [0.3, 0.4) is 0 Å². The van der Waals surface area contributed by atoms with Gasteiger partial charge in [0.1, 0.15) is 0 Å². The van der Waals surface area contributed by atoms with Gasteiger partial charge in [0.05, 0.1) is 11.9 Å². The monoisotopic (exact) mass is 365 g/mol. The molecule has 0 unspecified atom stereocenters. The van der Waals surface area contributed by atoms with Crippen LogP contribution in [0.5, 0.6) is 0 Å². The molecule has 142 valence electrons. The highest BCUT2D eigenvalue weighted by molar-refractivity contribution is 5.91. The van der Waals surface area contributed by atoms with Gasteiger partial charge >= 0.3 is 0 Å². The van der Waals surface area contributed by atoms with Crippen molar-refractivity contribution in [1.29, 1.82) is 0 Å². The minimum atomic E-state index is 0.117. The summed E-state index contributed by atoms with van der Waals surface area (Å²) in [5, 5.41) is 14.6. The lowest BCUT2D eigenvalue weighted by molar-refractivity contribution is -0.117. The molecule has 1 aliphatic heterocycles. The highest BCUT2D eigenvalue weighted by Crippen LogP contribution is 2.28. The SMILES string of the molecule is O=C(CC1CCCC1)Nc1ccc(Nc2cc(N3CCCC3)cnn2)cc1. The van der Waals surface area contributed by atoms with Gasteiger partial charge in [-0.3, -0.25) is 4.79 Å². The van der Waals surface area contributed by atoms with Crippen LogP contribution in [0.15, 0.2) is 36.5 Å². The summed E-state index contributed by atoms with van der Waals surface area (Å²) < 4.78 is 0. The number of benzene rings is 1. The summed E-state index contributed by atoms with van der Waals surface area (Å²) in [5.74, 6) is 1.41. The Morgan fingerprint density at radius 1 is 1.04 bits per heavy atom. The van der Waals surface area contributed by atoms with Gasteiger partial charge < -0.3 is 15.5 Å². The molecule has 1 aromatic heterocycles. The van der Waals surface area contributed by atoms with Gasteiger partial charge in [-0.25, -0.2) is 0 Å². The maximum Gasteiger partial charge on any atom is 0.224 e. The Kier molecular flexibility index (Phi) is 5.51. The Hall–Kier alpha value is -2.63. The second-order valence-electron chi connectivity index (χ2n) is 7.60. The van der Waals surface area contributed by atoms with Crippen molar-refractivity contribution in [3.05, 3.63) is 36.5 Å². The van der Waals surface area contributed by atoms with Crippen molar-refractivity contribution in [2.24, 2.45) is 5.92 Å². The molecule has 1 aliphatic carbocycles. The molecule has 6 heteroatoms. The molecular weight excluding hydrogens is 338 g/mol. The summed E-state index contributed by atoms with van der Waals surface area (Å²) in [6.07, 6.45) is 9.83. The fourth-order valence-corrected chi connectivity index (χ4v) is 4.04. The van der Waals surface area contributed by atoms with E-state index >= 15 is 0 Å². The van der Waals surface area contributed by atoms with Crippen LogP contribution < -0.4 is 15.5 Å². The molecule has 0 spiro atoms. The van der Waals surface area contributed by atoms with E-state index in [-0.39, 0.29) is 5.91 Å². The number of anilines is 4. The van der Waals surface area contributed by atoms with Gasteiger partial charge in [-0.05, 0) is 55.9 Å². The lowest BCUT2D eigenvalue weighted by Crippen LogP contribution is -2.18. The van der Waals surface area contributed by atoms with Crippen molar-refractivity contribution >= 4 is 28.8 Å². The van der Waals surface area contributed by atoms with Crippen LogP contribution in [0.4, 0.5) is 22.9 Å². The molecule has 2 heterocycles. The molecule has 0 atom stereocenters. The number of rotatable bonds is 6. The van der Waals surface area contributed by atoms with Crippen molar-refractivity contribution in [3.63, 3.8) is 0 Å². The first-order chi connectivity index (χ1) is 13.3. The number of amides is 1. The Balaban J connectivity index is 1.33. The Morgan fingerprint density at radius 3 is 2.48 bits per heavy atom. The molecule has 2 N–H and O–H groups in total. The van der Waals surface area contributed by atoms with Crippen LogP contribution in [0.2, 0.25) is 0 Å². The van der Waals surface area contributed by atoms with E-state index in [0.717, 1.165) is 36.0 Å². The van der Waals surface area contributed by atoms with Crippen LogP contribution in [0.1, 0.15) is 44.9 Å². The van der Waals surface area contributed by atoms with Crippen LogP contribution in [-0.4, -0.2) is 29.2 Å². The van der Waals surface area contributed by atoms with Crippen LogP contribution in [-0.2, 0) is 4.79 Å². The van der Waals surface area contributed by atoms with Crippen LogP contribution in [0.25, 0.3) is 0 Å². The molecule has 27 heavy (non-hydrogen) atoms. The molecule has 0 bridgehead atoms. The minimum Gasteiger partial charge on any atom is -0.370 e. The predicted octanol–water partition coefficient (Wildman–Crippen LogP) is 4.34. The molecule has 0 radical (unpaired) electrons. The van der Waals surface area contributed by atoms with Crippen LogP contribution in [0, 0.1) is 5.92 Å². The molecule has 2 aliphatic rings. The molecule has 2 aromatic rings. The summed E-state index contributed by atoms with van der Waals surface area (Å²) in [7, 11) is 0. The molecular formula is C21H27N5O. The second kappa shape index (κ2) is 8.37. The first-order valence-corrected chi connectivity index (χ1v) is 10.0. The summed E-state index contributed by atoms with van der Waals surface area (Å²) in [5.41, 5.74) is 2.87. The van der Waals surface area contributed by atoms with Crippen molar-refractivity contribution < 1.29 is 4.79 Å². The standard InChI is InChI=1S/C21H27N5O/c27-21(13-16-5-1-2-6-16)24-18-9-7-17(8-10-18)23-20-14-19(15-22-25-20)26-11-3-4-12-26/h7-10,14-16H,1-6,11-13H2,(H,23,25)(H,24,27). The van der Waals surface area contributed by atoms with E-state index in [9.17, 15) is 4.79 Å². The number of carbonyl (C=O) groups is 1.